The summed E-state index contributed by atoms with van der Waals surface area (Å²) in [6, 6.07) is 0. The molecule has 0 N–H and O–H groups in total. The summed E-state index contributed by atoms with van der Waals surface area (Å²) in [6.45, 7) is 4.64. The number of hydrogen-bond acceptors (Lipinski definition) is 2. The van der Waals surface area contributed by atoms with Crippen molar-refractivity contribution in [1.82, 2.24) is 14.8 Å². The molecule has 0 spiro atoms. The van der Waals surface area contributed by atoms with Crippen molar-refractivity contribution in [3.63, 3.8) is 0 Å². The summed E-state index contributed by atoms with van der Waals surface area (Å²) < 4.78 is 2.06. The summed E-state index contributed by atoms with van der Waals surface area (Å²) in [5, 5.41) is 8.42. The first-order chi connectivity index (χ1) is 7.06. The van der Waals surface area contributed by atoms with Crippen LogP contribution in [0.15, 0.2) is 0 Å². The van der Waals surface area contributed by atoms with E-state index in [1.807, 2.05) is 7.05 Å². The van der Waals surface area contributed by atoms with Crippen LogP contribution in [0, 0.1) is 5.41 Å². The smallest absolute Gasteiger partial charge is 0.147 e. The van der Waals surface area contributed by atoms with Crippen molar-refractivity contribution in [3.05, 3.63) is 11.6 Å². The van der Waals surface area contributed by atoms with Crippen molar-refractivity contribution >= 4 is 11.6 Å². The van der Waals surface area contributed by atoms with Crippen LogP contribution in [-0.4, -0.2) is 14.8 Å². The number of halogens is 1. The van der Waals surface area contributed by atoms with Crippen LogP contribution in [0.5, 0.6) is 0 Å². The van der Waals surface area contributed by atoms with Crippen molar-refractivity contribution in [2.75, 3.05) is 0 Å². The second kappa shape index (κ2) is 3.78. The van der Waals surface area contributed by atoms with E-state index in [2.05, 4.69) is 28.6 Å². The van der Waals surface area contributed by atoms with Gasteiger partial charge in [0.15, 0.2) is 0 Å². The Morgan fingerprint density at radius 3 is 2.67 bits per heavy atom. The molecule has 0 saturated heterocycles. The molecule has 1 saturated carbocycles. The van der Waals surface area contributed by atoms with Crippen LogP contribution in [0.2, 0.25) is 0 Å². The molecule has 1 aliphatic carbocycles. The maximum absolute atomic E-state index is 5.80. The highest BCUT2D eigenvalue weighted by molar-refractivity contribution is 6.16. The van der Waals surface area contributed by atoms with E-state index in [0.29, 0.717) is 17.2 Å². The van der Waals surface area contributed by atoms with E-state index in [4.69, 9.17) is 11.6 Å². The second-order valence-electron chi connectivity index (χ2n) is 5.10. The van der Waals surface area contributed by atoms with Gasteiger partial charge < -0.3 is 4.57 Å². The van der Waals surface area contributed by atoms with Gasteiger partial charge in [0.25, 0.3) is 0 Å². The third-order valence-electron chi connectivity index (χ3n) is 3.69. The Labute approximate surface area is 95.8 Å². The Morgan fingerprint density at radius 2 is 2.20 bits per heavy atom. The highest BCUT2D eigenvalue weighted by Crippen LogP contribution is 2.48. The van der Waals surface area contributed by atoms with E-state index in [0.717, 1.165) is 11.6 Å². The molecule has 1 heterocycles. The molecule has 1 aromatic rings. The first-order valence-corrected chi connectivity index (χ1v) is 6.04. The molecule has 1 aromatic heterocycles. The summed E-state index contributed by atoms with van der Waals surface area (Å²) >= 11 is 5.80. The van der Waals surface area contributed by atoms with Crippen molar-refractivity contribution in [2.24, 2.45) is 12.5 Å². The number of aromatic nitrogens is 3. The first-order valence-electron chi connectivity index (χ1n) is 5.50. The Kier molecular flexibility index (Phi) is 2.75. The maximum Gasteiger partial charge on any atom is 0.147 e. The highest BCUT2D eigenvalue weighted by Gasteiger charge is 2.38. The van der Waals surface area contributed by atoms with Crippen LogP contribution in [0.3, 0.4) is 0 Å². The quantitative estimate of drug-likeness (QED) is 0.728. The molecule has 4 heteroatoms. The zero-order valence-electron chi connectivity index (χ0n) is 9.63. The van der Waals surface area contributed by atoms with Gasteiger partial charge in [0, 0.05) is 13.0 Å². The molecule has 0 bridgehead atoms. The fraction of sp³-hybridized carbons (Fsp3) is 0.818. The molecule has 1 fully saturated rings. The number of hydrogen-bond donors (Lipinski definition) is 0. The fourth-order valence-electron chi connectivity index (χ4n) is 2.60. The lowest BCUT2D eigenvalue weighted by Gasteiger charge is -2.25. The van der Waals surface area contributed by atoms with Gasteiger partial charge in [-0.2, -0.15) is 0 Å². The predicted octanol–water partition coefficient (Wildman–Crippen LogP) is 2.85. The van der Waals surface area contributed by atoms with E-state index in [-0.39, 0.29) is 0 Å². The molecule has 0 aromatic carbocycles. The number of alkyl halides is 1. The summed E-state index contributed by atoms with van der Waals surface area (Å²) in [6.07, 6.45) is 3.79. The van der Waals surface area contributed by atoms with Crippen LogP contribution < -0.4 is 0 Å². The summed E-state index contributed by atoms with van der Waals surface area (Å²) in [7, 11) is 2.02. The first kappa shape index (κ1) is 10.9. The Morgan fingerprint density at radius 1 is 1.47 bits per heavy atom. The van der Waals surface area contributed by atoms with E-state index >= 15 is 0 Å². The van der Waals surface area contributed by atoms with Gasteiger partial charge in [0.2, 0.25) is 0 Å². The molecule has 1 unspecified atom stereocenters. The van der Waals surface area contributed by atoms with E-state index in [1.165, 1.54) is 19.3 Å². The molecule has 0 amide bonds. The highest BCUT2D eigenvalue weighted by atomic mass is 35.5. The lowest BCUT2D eigenvalue weighted by molar-refractivity contribution is 0.317. The minimum atomic E-state index is 0.352. The summed E-state index contributed by atoms with van der Waals surface area (Å²) in [5.41, 5.74) is 0.352. The molecule has 15 heavy (non-hydrogen) atoms. The molecule has 3 nitrogen and oxygen atoms in total. The van der Waals surface area contributed by atoms with Crippen molar-refractivity contribution < 1.29 is 0 Å². The average molecular weight is 228 g/mol. The average Bonchev–Trinajstić information content (AvgIpc) is 2.69. The standard InChI is InChI=1S/C11H18ClN3/c1-11(2)6-4-5-8(11)10-14-13-9(7-12)15(10)3/h8H,4-7H2,1-3H3. The van der Waals surface area contributed by atoms with E-state index in [1.54, 1.807) is 0 Å². The molecule has 2 rings (SSSR count). The van der Waals surface area contributed by atoms with E-state index < -0.39 is 0 Å². The van der Waals surface area contributed by atoms with Crippen molar-refractivity contribution in [1.29, 1.82) is 0 Å². The molecule has 0 radical (unpaired) electrons. The lowest BCUT2D eigenvalue weighted by Crippen LogP contribution is -2.19. The fourth-order valence-corrected chi connectivity index (χ4v) is 2.83. The summed E-state index contributed by atoms with van der Waals surface area (Å²) in [4.78, 5) is 0. The molecular formula is C11H18ClN3. The van der Waals surface area contributed by atoms with E-state index in [9.17, 15) is 0 Å². The molecule has 84 valence electrons. The number of rotatable bonds is 2. The Bertz CT molecular complexity index is 357. The summed E-state index contributed by atoms with van der Waals surface area (Å²) in [5.74, 6) is 2.95. The van der Waals surface area contributed by atoms with Gasteiger partial charge in [-0.25, -0.2) is 0 Å². The molecular weight excluding hydrogens is 210 g/mol. The van der Waals surface area contributed by atoms with Crippen LogP contribution in [0.1, 0.15) is 50.7 Å². The van der Waals surface area contributed by atoms with Gasteiger partial charge in [-0.3, -0.25) is 0 Å². The molecule has 0 aliphatic heterocycles. The van der Waals surface area contributed by atoms with Crippen molar-refractivity contribution in [3.8, 4) is 0 Å². The Balaban J connectivity index is 2.33. The van der Waals surface area contributed by atoms with Crippen LogP contribution in [0.4, 0.5) is 0 Å². The molecule has 1 atom stereocenters. The minimum Gasteiger partial charge on any atom is -0.317 e. The zero-order chi connectivity index (χ0) is 11.1. The second-order valence-corrected chi connectivity index (χ2v) is 5.37. The van der Waals surface area contributed by atoms with Gasteiger partial charge in [-0.1, -0.05) is 20.3 Å². The largest absolute Gasteiger partial charge is 0.317 e. The van der Waals surface area contributed by atoms with Crippen LogP contribution >= 0.6 is 11.6 Å². The third-order valence-corrected chi connectivity index (χ3v) is 3.93. The lowest BCUT2D eigenvalue weighted by atomic mass is 9.81. The monoisotopic (exact) mass is 227 g/mol. The predicted molar refractivity (Wildman–Crippen MR) is 60.9 cm³/mol. The number of nitrogens with zero attached hydrogens (tertiary/aromatic N) is 3. The van der Waals surface area contributed by atoms with Gasteiger partial charge >= 0.3 is 0 Å². The topological polar surface area (TPSA) is 30.7 Å². The van der Waals surface area contributed by atoms with Crippen LogP contribution in [-0.2, 0) is 12.9 Å². The third kappa shape index (κ3) is 1.78. The molecule has 1 aliphatic rings. The van der Waals surface area contributed by atoms with Crippen LogP contribution in [0.25, 0.3) is 0 Å². The Hall–Kier alpha value is -0.570. The normalized spacial score (nSPS) is 24.7. The van der Waals surface area contributed by atoms with Gasteiger partial charge in [0.05, 0.1) is 5.88 Å². The van der Waals surface area contributed by atoms with Gasteiger partial charge in [-0.05, 0) is 18.3 Å². The SMILES string of the molecule is Cn1c(CCl)nnc1C1CCCC1(C)C. The minimum absolute atomic E-state index is 0.352. The van der Waals surface area contributed by atoms with Gasteiger partial charge in [-0.15, -0.1) is 21.8 Å². The zero-order valence-corrected chi connectivity index (χ0v) is 10.4. The maximum atomic E-state index is 5.80. The van der Waals surface area contributed by atoms with Crippen molar-refractivity contribution in [2.45, 2.75) is 44.9 Å². The van der Waals surface area contributed by atoms with Gasteiger partial charge in [0.1, 0.15) is 11.6 Å².